The fraction of sp³-hybridized carbons (Fsp3) is 0.105. The molecular formula is C19H16N6O3. The van der Waals surface area contributed by atoms with Gasteiger partial charge in [-0.2, -0.15) is 5.10 Å². The highest BCUT2D eigenvalue weighted by atomic mass is 16.4. The number of aliphatic carboxylic acids is 1. The van der Waals surface area contributed by atoms with Gasteiger partial charge in [0, 0.05) is 30.4 Å². The molecule has 0 spiro atoms. The Balaban J connectivity index is 1.72. The average Bonchev–Trinajstić information content (AvgIpc) is 3.27. The molecule has 140 valence electrons. The van der Waals surface area contributed by atoms with Crippen LogP contribution in [0.2, 0.25) is 0 Å². The quantitative estimate of drug-likeness (QED) is 0.552. The Kier molecular flexibility index (Phi) is 4.32. The molecule has 9 nitrogen and oxygen atoms in total. The largest absolute Gasteiger partial charge is 0.481 e. The summed E-state index contributed by atoms with van der Waals surface area (Å²) in [5.41, 5.74) is 2.11. The van der Waals surface area contributed by atoms with Gasteiger partial charge in [0.1, 0.15) is 0 Å². The van der Waals surface area contributed by atoms with Crippen LogP contribution >= 0.6 is 0 Å². The van der Waals surface area contributed by atoms with Gasteiger partial charge in [-0.05, 0) is 29.8 Å². The average molecular weight is 376 g/mol. The van der Waals surface area contributed by atoms with E-state index in [1.807, 2.05) is 18.2 Å². The molecule has 1 aromatic carbocycles. The van der Waals surface area contributed by atoms with Crippen molar-refractivity contribution in [1.82, 2.24) is 24.3 Å². The van der Waals surface area contributed by atoms with E-state index in [9.17, 15) is 9.59 Å². The molecule has 4 aromatic rings. The van der Waals surface area contributed by atoms with Crippen LogP contribution in [0.5, 0.6) is 0 Å². The monoisotopic (exact) mass is 376 g/mol. The first-order chi connectivity index (χ1) is 13.5. The summed E-state index contributed by atoms with van der Waals surface area (Å²) in [5, 5.41) is 16.9. The number of rotatable bonds is 5. The van der Waals surface area contributed by atoms with Gasteiger partial charge in [-0.3, -0.25) is 14.6 Å². The highest BCUT2D eigenvalue weighted by Gasteiger charge is 2.10. The molecule has 0 fully saturated rings. The topological polar surface area (TPSA) is 115 Å². The van der Waals surface area contributed by atoms with Crippen molar-refractivity contribution < 1.29 is 14.7 Å². The number of hydrogen-bond donors (Lipinski definition) is 2. The predicted molar refractivity (Wildman–Crippen MR) is 102 cm³/mol. The van der Waals surface area contributed by atoms with Gasteiger partial charge in [-0.15, -0.1) is 0 Å². The van der Waals surface area contributed by atoms with Crippen molar-refractivity contribution in [2.45, 2.75) is 13.3 Å². The Labute approximate surface area is 159 Å². The molecule has 0 aliphatic carbocycles. The summed E-state index contributed by atoms with van der Waals surface area (Å²) in [6.45, 7) is 1.45. The third-order valence-corrected chi connectivity index (χ3v) is 4.09. The van der Waals surface area contributed by atoms with E-state index in [0.717, 1.165) is 10.9 Å². The van der Waals surface area contributed by atoms with Gasteiger partial charge in [0.05, 0.1) is 30.5 Å². The fourth-order valence-electron chi connectivity index (χ4n) is 2.92. The third-order valence-electron chi connectivity index (χ3n) is 4.09. The summed E-state index contributed by atoms with van der Waals surface area (Å²) in [4.78, 5) is 31.0. The molecule has 28 heavy (non-hydrogen) atoms. The standard InChI is InChI=1S/C19H16N6O3/c1-12(26)22-15-3-2-14-8-21-25(16(14)7-15)18-10-20-9-17(23-18)24-5-4-13(11-24)6-19(27)28/h2-5,7-11H,6H2,1H3,(H,22,26)(H,27,28). The second kappa shape index (κ2) is 6.95. The number of carboxylic acids is 1. The molecule has 0 radical (unpaired) electrons. The van der Waals surface area contributed by atoms with Crippen molar-refractivity contribution in [2.24, 2.45) is 0 Å². The SMILES string of the molecule is CC(=O)Nc1ccc2cnn(-c3cncc(-n4ccc(CC(=O)O)c4)n3)c2c1. The number of nitrogens with one attached hydrogen (secondary N) is 1. The van der Waals surface area contributed by atoms with Gasteiger partial charge >= 0.3 is 5.97 Å². The number of benzene rings is 1. The number of amides is 1. The zero-order valence-corrected chi connectivity index (χ0v) is 14.9. The van der Waals surface area contributed by atoms with Crippen LogP contribution in [-0.2, 0) is 16.0 Å². The fourth-order valence-corrected chi connectivity index (χ4v) is 2.92. The van der Waals surface area contributed by atoms with E-state index in [4.69, 9.17) is 5.11 Å². The van der Waals surface area contributed by atoms with Gasteiger partial charge in [0.15, 0.2) is 11.6 Å². The number of anilines is 1. The molecular weight excluding hydrogens is 360 g/mol. The molecule has 0 unspecified atom stereocenters. The van der Waals surface area contributed by atoms with Crippen LogP contribution in [0, 0.1) is 0 Å². The maximum Gasteiger partial charge on any atom is 0.307 e. The summed E-state index contributed by atoms with van der Waals surface area (Å²) < 4.78 is 3.35. The van der Waals surface area contributed by atoms with Crippen molar-refractivity contribution in [3.8, 4) is 11.6 Å². The number of carbonyl (C=O) groups is 2. The van der Waals surface area contributed by atoms with Gasteiger partial charge in [-0.25, -0.2) is 9.67 Å². The lowest BCUT2D eigenvalue weighted by Crippen LogP contribution is -2.06. The zero-order chi connectivity index (χ0) is 19.7. The van der Waals surface area contributed by atoms with Crippen LogP contribution in [0.25, 0.3) is 22.5 Å². The van der Waals surface area contributed by atoms with E-state index < -0.39 is 5.97 Å². The van der Waals surface area contributed by atoms with Gasteiger partial charge in [-0.1, -0.05) is 0 Å². The molecule has 3 aromatic heterocycles. The molecule has 0 aliphatic rings. The van der Waals surface area contributed by atoms with Crippen molar-refractivity contribution >= 4 is 28.5 Å². The third kappa shape index (κ3) is 3.45. The van der Waals surface area contributed by atoms with Crippen LogP contribution in [0.4, 0.5) is 5.69 Å². The van der Waals surface area contributed by atoms with Crippen LogP contribution in [0.3, 0.4) is 0 Å². The smallest absolute Gasteiger partial charge is 0.307 e. The molecule has 0 bridgehead atoms. The Hall–Kier alpha value is -4.01. The molecule has 0 saturated carbocycles. The minimum atomic E-state index is -0.893. The summed E-state index contributed by atoms with van der Waals surface area (Å²) in [6, 6.07) is 7.22. The first-order valence-corrected chi connectivity index (χ1v) is 8.46. The Bertz CT molecular complexity index is 1190. The van der Waals surface area contributed by atoms with E-state index in [-0.39, 0.29) is 12.3 Å². The summed E-state index contributed by atoms with van der Waals surface area (Å²) >= 11 is 0. The van der Waals surface area contributed by atoms with E-state index in [1.54, 1.807) is 46.3 Å². The van der Waals surface area contributed by atoms with Crippen molar-refractivity contribution in [2.75, 3.05) is 5.32 Å². The number of fused-ring (bicyclic) bond motifs is 1. The molecule has 0 saturated heterocycles. The molecule has 0 atom stereocenters. The lowest BCUT2D eigenvalue weighted by atomic mass is 10.2. The Morgan fingerprint density at radius 3 is 2.75 bits per heavy atom. The van der Waals surface area contributed by atoms with Crippen molar-refractivity contribution in [3.63, 3.8) is 0 Å². The predicted octanol–water partition coefficient (Wildman–Crippen LogP) is 2.19. The number of carboxylic acid groups (broad SMARTS) is 1. The van der Waals surface area contributed by atoms with Crippen LogP contribution in [0.1, 0.15) is 12.5 Å². The zero-order valence-electron chi connectivity index (χ0n) is 14.9. The first-order valence-electron chi connectivity index (χ1n) is 8.46. The van der Waals surface area contributed by atoms with E-state index in [2.05, 4.69) is 20.4 Å². The van der Waals surface area contributed by atoms with Gasteiger partial charge < -0.3 is 15.0 Å². The van der Waals surface area contributed by atoms with E-state index in [0.29, 0.717) is 22.9 Å². The van der Waals surface area contributed by atoms with E-state index >= 15 is 0 Å². The molecule has 2 N–H and O–H groups in total. The molecule has 0 aliphatic heterocycles. The highest BCUT2D eigenvalue weighted by Crippen LogP contribution is 2.21. The molecule has 4 rings (SSSR count). The van der Waals surface area contributed by atoms with Crippen LogP contribution < -0.4 is 5.32 Å². The lowest BCUT2D eigenvalue weighted by molar-refractivity contribution is -0.136. The minimum absolute atomic E-state index is 0.0597. The van der Waals surface area contributed by atoms with Crippen molar-refractivity contribution in [3.05, 3.63) is 60.8 Å². The van der Waals surface area contributed by atoms with Crippen LogP contribution in [-0.4, -0.2) is 41.3 Å². The highest BCUT2D eigenvalue weighted by molar-refractivity contribution is 5.92. The number of hydrogen-bond acceptors (Lipinski definition) is 5. The normalized spacial score (nSPS) is 10.9. The summed E-state index contributed by atoms with van der Waals surface area (Å²) in [7, 11) is 0. The lowest BCUT2D eigenvalue weighted by Gasteiger charge is -2.07. The second-order valence-corrected chi connectivity index (χ2v) is 6.24. The van der Waals surface area contributed by atoms with Gasteiger partial charge in [0.2, 0.25) is 5.91 Å². The minimum Gasteiger partial charge on any atom is -0.481 e. The molecule has 1 amide bonds. The second-order valence-electron chi connectivity index (χ2n) is 6.24. The van der Waals surface area contributed by atoms with E-state index in [1.165, 1.54) is 6.92 Å². The first kappa shape index (κ1) is 17.4. The van der Waals surface area contributed by atoms with Gasteiger partial charge in [0.25, 0.3) is 0 Å². The van der Waals surface area contributed by atoms with Crippen LogP contribution in [0.15, 0.2) is 55.2 Å². The Morgan fingerprint density at radius 1 is 1.14 bits per heavy atom. The summed E-state index contributed by atoms with van der Waals surface area (Å²) in [6.07, 6.45) is 8.27. The number of aromatic nitrogens is 5. The maximum absolute atomic E-state index is 11.3. The van der Waals surface area contributed by atoms with Crippen molar-refractivity contribution in [1.29, 1.82) is 0 Å². The Morgan fingerprint density at radius 2 is 1.96 bits per heavy atom. The summed E-state index contributed by atoms with van der Waals surface area (Å²) in [5.74, 6) is -0.00990. The number of nitrogens with zero attached hydrogens (tertiary/aromatic N) is 5. The number of carbonyl (C=O) groups excluding carboxylic acids is 1. The molecule has 3 heterocycles. The molecule has 9 heteroatoms. The maximum atomic E-state index is 11.3.